The number of hydrogen-bond acceptors (Lipinski definition) is 2. The van der Waals surface area contributed by atoms with Gasteiger partial charge in [0.05, 0.1) is 6.42 Å². The van der Waals surface area contributed by atoms with Gasteiger partial charge in [-0.1, -0.05) is 37.0 Å². The van der Waals surface area contributed by atoms with Gasteiger partial charge < -0.3 is 10.6 Å². The van der Waals surface area contributed by atoms with Crippen LogP contribution in [0, 0.1) is 5.41 Å². The van der Waals surface area contributed by atoms with Crippen molar-refractivity contribution in [2.45, 2.75) is 32.7 Å². The van der Waals surface area contributed by atoms with Crippen LogP contribution in [0.4, 0.5) is 0 Å². The van der Waals surface area contributed by atoms with Crippen molar-refractivity contribution < 1.29 is 4.79 Å². The molecule has 0 aromatic heterocycles. The van der Waals surface area contributed by atoms with Gasteiger partial charge in [-0.2, -0.15) is 0 Å². The Bertz CT molecular complexity index is 482. The van der Waals surface area contributed by atoms with Crippen LogP contribution in [0.15, 0.2) is 18.2 Å². The summed E-state index contributed by atoms with van der Waals surface area (Å²) in [5.41, 5.74) is 0.909. The van der Waals surface area contributed by atoms with Gasteiger partial charge in [-0.25, -0.2) is 0 Å². The standard InChI is InChI=1S/C15H20Cl2N2O/c1-15(2)9-18-4-3-13(15)19-14(20)7-10-5-11(16)8-12(17)6-10/h5-6,8,13,18H,3-4,7,9H2,1-2H3,(H,19,20). The molecule has 1 aromatic rings. The fourth-order valence-corrected chi connectivity index (χ4v) is 3.15. The Labute approximate surface area is 130 Å². The smallest absolute Gasteiger partial charge is 0.224 e. The van der Waals surface area contributed by atoms with Crippen LogP contribution < -0.4 is 10.6 Å². The highest BCUT2D eigenvalue weighted by Gasteiger charge is 2.33. The molecule has 0 saturated carbocycles. The molecule has 3 nitrogen and oxygen atoms in total. The average molecular weight is 315 g/mol. The van der Waals surface area contributed by atoms with E-state index in [4.69, 9.17) is 23.2 Å². The summed E-state index contributed by atoms with van der Waals surface area (Å²) < 4.78 is 0. The van der Waals surface area contributed by atoms with E-state index >= 15 is 0 Å². The van der Waals surface area contributed by atoms with Gasteiger partial charge in [-0.05, 0) is 42.1 Å². The van der Waals surface area contributed by atoms with E-state index in [-0.39, 0.29) is 17.4 Å². The Balaban J connectivity index is 1.98. The largest absolute Gasteiger partial charge is 0.352 e. The molecular weight excluding hydrogens is 295 g/mol. The van der Waals surface area contributed by atoms with Crippen molar-refractivity contribution in [1.29, 1.82) is 0 Å². The number of amides is 1. The number of carbonyl (C=O) groups excluding carboxylic acids is 1. The molecule has 1 aliphatic heterocycles. The van der Waals surface area contributed by atoms with E-state index < -0.39 is 0 Å². The first-order chi connectivity index (χ1) is 9.37. The van der Waals surface area contributed by atoms with Crippen molar-refractivity contribution in [3.05, 3.63) is 33.8 Å². The quantitative estimate of drug-likeness (QED) is 0.900. The highest BCUT2D eigenvalue weighted by atomic mass is 35.5. The molecule has 20 heavy (non-hydrogen) atoms. The van der Waals surface area contributed by atoms with Crippen LogP contribution >= 0.6 is 23.2 Å². The van der Waals surface area contributed by atoms with Gasteiger partial charge in [0.25, 0.3) is 0 Å². The van der Waals surface area contributed by atoms with Crippen LogP contribution in [0.2, 0.25) is 10.0 Å². The summed E-state index contributed by atoms with van der Waals surface area (Å²) in [6.45, 7) is 6.19. The van der Waals surface area contributed by atoms with Gasteiger partial charge in [-0.3, -0.25) is 4.79 Å². The topological polar surface area (TPSA) is 41.1 Å². The van der Waals surface area contributed by atoms with Crippen molar-refractivity contribution in [3.63, 3.8) is 0 Å². The van der Waals surface area contributed by atoms with E-state index in [2.05, 4.69) is 24.5 Å². The number of carbonyl (C=O) groups is 1. The van der Waals surface area contributed by atoms with Crippen molar-refractivity contribution in [1.82, 2.24) is 10.6 Å². The SMILES string of the molecule is CC1(C)CNCCC1NC(=O)Cc1cc(Cl)cc(Cl)c1. The van der Waals surface area contributed by atoms with Crippen LogP contribution in [0.3, 0.4) is 0 Å². The zero-order chi connectivity index (χ0) is 14.8. The molecule has 1 saturated heterocycles. The second-order valence-corrected chi connectivity index (χ2v) is 6.90. The fraction of sp³-hybridized carbons (Fsp3) is 0.533. The molecule has 1 aromatic carbocycles. The van der Waals surface area contributed by atoms with E-state index in [1.807, 2.05) is 0 Å². The van der Waals surface area contributed by atoms with Crippen LogP contribution in [0.25, 0.3) is 0 Å². The average Bonchev–Trinajstić information content (AvgIpc) is 2.30. The molecule has 2 N–H and O–H groups in total. The summed E-state index contributed by atoms with van der Waals surface area (Å²) in [5, 5.41) is 7.60. The van der Waals surface area contributed by atoms with Gasteiger partial charge in [0, 0.05) is 22.6 Å². The minimum Gasteiger partial charge on any atom is -0.352 e. The third kappa shape index (κ3) is 4.11. The lowest BCUT2D eigenvalue weighted by atomic mass is 9.80. The van der Waals surface area contributed by atoms with Crippen molar-refractivity contribution >= 4 is 29.1 Å². The van der Waals surface area contributed by atoms with E-state index in [1.165, 1.54) is 0 Å². The van der Waals surface area contributed by atoms with E-state index in [9.17, 15) is 4.79 Å². The Morgan fingerprint density at radius 3 is 2.60 bits per heavy atom. The lowest BCUT2D eigenvalue weighted by Gasteiger charge is -2.39. The lowest BCUT2D eigenvalue weighted by molar-refractivity contribution is -0.122. The zero-order valence-electron chi connectivity index (χ0n) is 11.8. The summed E-state index contributed by atoms with van der Waals surface area (Å²) in [6.07, 6.45) is 1.26. The van der Waals surface area contributed by atoms with E-state index in [1.54, 1.807) is 18.2 Å². The van der Waals surface area contributed by atoms with Crippen LogP contribution in [-0.2, 0) is 11.2 Å². The van der Waals surface area contributed by atoms with E-state index in [0.717, 1.165) is 25.1 Å². The summed E-state index contributed by atoms with van der Waals surface area (Å²) in [4.78, 5) is 12.2. The van der Waals surface area contributed by atoms with E-state index in [0.29, 0.717) is 16.5 Å². The molecule has 0 aliphatic carbocycles. The summed E-state index contributed by atoms with van der Waals surface area (Å²) >= 11 is 11.9. The number of hydrogen-bond donors (Lipinski definition) is 2. The number of rotatable bonds is 3. The number of nitrogens with one attached hydrogen (secondary N) is 2. The maximum atomic E-state index is 12.2. The molecule has 1 unspecified atom stereocenters. The number of piperidine rings is 1. The molecule has 5 heteroatoms. The van der Waals surface area contributed by atoms with Crippen LogP contribution in [0.1, 0.15) is 25.8 Å². The van der Waals surface area contributed by atoms with Gasteiger partial charge in [-0.15, -0.1) is 0 Å². The first-order valence-electron chi connectivity index (χ1n) is 6.82. The summed E-state index contributed by atoms with van der Waals surface area (Å²) in [6, 6.07) is 5.42. The first-order valence-corrected chi connectivity index (χ1v) is 7.57. The second-order valence-electron chi connectivity index (χ2n) is 6.03. The Morgan fingerprint density at radius 2 is 2.00 bits per heavy atom. The molecular formula is C15H20Cl2N2O. The normalized spacial score (nSPS) is 21.5. The predicted molar refractivity (Wildman–Crippen MR) is 83.4 cm³/mol. The van der Waals surface area contributed by atoms with Crippen molar-refractivity contribution in [3.8, 4) is 0 Å². The zero-order valence-corrected chi connectivity index (χ0v) is 13.3. The second kappa shape index (κ2) is 6.33. The Hall–Kier alpha value is -0.770. The van der Waals surface area contributed by atoms with Gasteiger partial charge >= 0.3 is 0 Å². The molecule has 0 radical (unpaired) electrons. The first kappa shape index (κ1) is 15.6. The van der Waals surface area contributed by atoms with Crippen LogP contribution in [-0.4, -0.2) is 25.0 Å². The van der Waals surface area contributed by atoms with Crippen LogP contribution in [0.5, 0.6) is 0 Å². The number of benzene rings is 1. The van der Waals surface area contributed by atoms with Crippen molar-refractivity contribution in [2.75, 3.05) is 13.1 Å². The molecule has 1 aliphatic rings. The Kier molecular flexibility index (Phi) is 4.95. The van der Waals surface area contributed by atoms with Gasteiger partial charge in [0.1, 0.15) is 0 Å². The van der Waals surface area contributed by atoms with Gasteiger partial charge in [0.2, 0.25) is 5.91 Å². The Morgan fingerprint density at radius 1 is 1.35 bits per heavy atom. The van der Waals surface area contributed by atoms with Gasteiger partial charge in [0.15, 0.2) is 0 Å². The molecule has 1 heterocycles. The molecule has 1 amide bonds. The molecule has 0 spiro atoms. The maximum Gasteiger partial charge on any atom is 0.224 e. The molecule has 0 bridgehead atoms. The predicted octanol–water partition coefficient (Wildman–Crippen LogP) is 3.04. The molecule has 1 atom stereocenters. The summed E-state index contributed by atoms with van der Waals surface area (Å²) in [5.74, 6) is 0.0170. The third-order valence-electron chi connectivity index (χ3n) is 3.76. The molecule has 2 rings (SSSR count). The highest BCUT2D eigenvalue weighted by Crippen LogP contribution is 2.25. The van der Waals surface area contributed by atoms with Crippen molar-refractivity contribution in [2.24, 2.45) is 5.41 Å². The monoisotopic (exact) mass is 314 g/mol. The summed E-state index contributed by atoms with van der Waals surface area (Å²) in [7, 11) is 0. The number of halogens is 2. The minimum absolute atomic E-state index is 0.0170. The molecule has 110 valence electrons. The maximum absolute atomic E-state index is 12.2. The lowest BCUT2D eigenvalue weighted by Crippen LogP contribution is -2.54. The highest BCUT2D eigenvalue weighted by molar-refractivity contribution is 6.34. The minimum atomic E-state index is 0.0170. The molecule has 1 fully saturated rings. The fourth-order valence-electron chi connectivity index (χ4n) is 2.58. The third-order valence-corrected chi connectivity index (χ3v) is 4.19.